The first-order valence-electron chi connectivity index (χ1n) is 13.5. The SMILES string of the molecule is CN1CCC(COc2nc(N3CC4CCC(C3)N4)c3ccc(-c4cc(O)cc5ccccc45)cc3n2)C1. The number of nitrogens with one attached hydrogen (secondary N) is 1. The zero-order chi connectivity index (χ0) is 24.9. The smallest absolute Gasteiger partial charge is 0.318 e. The molecule has 3 saturated heterocycles. The van der Waals surface area contributed by atoms with Crippen LogP contribution in [0.1, 0.15) is 19.3 Å². The summed E-state index contributed by atoms with van der Waals surface area (Å²) in [6, 6.07) is 19.7. The minimum Gasteiger partial charge on any atom is -0.508 e. The minimum absolute atomic E-state index is 0.263. The van der Waals surface area contributed by atoms with E-state index in [9.17, 15) is 5.11 Å². The summed E-state index contributed by atoms with van der Waals surface area (Å²) in [5.41, 5.74) is 2.89. The van der Waals surface area contributed by atoms with Gasteiger partial charge in [-0.25, -0.2) is 0 Å². The third-order valence-corrected chi connectivity index (χ3v) is 8.27. The normalized spacial score (nSPS) is 23.8. The highest BCUT2D eigenvalue weighted by atomic mass is 16.5. The lowest BCUT2D eigenvalue weighted by atomic mass is 9.97. The van der Waals surface area contributed by atoms with Crippen molar-refractivity contribution in [1.82, 2.24) is 20.2 Å². The number of nitrogens with zero attached hydrogens (tertiary/aromatic N) is 4. The van der Waals surface area contributed by atoms with Gasteiger partial charge in [0.25, 0.3) is 0 Å². The van der Waals surface area contributed by atoms with Crippen molar-refractivity contribution in [2.45, 2.75) is 31.3 Å². The minimum atomic E-state index is 0.263. The third kappa shape index (κ3) is 4.36. The molecule has 7 nitrogen and oxygen atoms in total. The van der Waals surface area contributed by atoms with Gasteiger partial charge in [-0.1, -0.05) is 30.3 Å². The Morgan fingerprint density at radius 3 is 2.59 bits per heavy atom. The highest BCUT2D eigenvalue weighted by molar-refractivity contribution is 6.00. The summed E-state index contributed by atoms with van der Waals surface area (Å²) in [5.74, 6) is 1.74. The zero-order valence-corrected chi connectivity index (χ0v) is 21.2. The van der Waals surface area contributed by atoms with Crippen molar-refractivity contribution in [2.75, 3.05) is 44.7 Å². The predicted octanol–water partition coefficient (Wildman–Crippen LogP) is 4.43. The van der Waals surface area contributed by atoms with Crippen LogP contribution in [-0.4, -0.2) is 71.9 Å². The molecule has 3 aliphatic rings. The highest BCUT2D eigenvalue weighted by Gasteiger charge is 2.33. The molecule has 4 aromatic rings. The summed E-state index contributed by atoms with van der Waals surface area (Å²) < 4.78 is 6.25. The number of anilines is 1. The van der Waals surface area contributed by atoms with Gasteiger partial charge >= 0.3 is 6.01 Å². The Bertz CT molecular complexity index is 1460. The van der Waals surface area contributed by atoms with Crippen molar-refractivity contribution in [3.8, 4) is 22.9 Å². The van der Waals surface area contributed by atoms with Crippen LogP contribution >= 0.6 is 0 Å². The molecular weight excluding hydrogens is 462 g/mol. The summed E-state index contributed by atoms with van der Waals surface area (Å²) >= 11 is 0. The number of benzene rings is 3. The molecule has 3 unspecified atom stereocenters. The average Bonchev–Trinajstić information content (AvgIpc) is 3.49. The molecule has 7 rings (SSSR count). The monoisotopic (exact) mass is 495 g/mol. The third-order valence-electron chi connectivity index (χ3n) is 8.27. The molecule has 3 aliphatic heterocycles. The van der Waals surface area contributed by atoms with E-state index >= 15 is 0 Å². The molecule has 0 aliphatic carbocycles. The van der Waals surface area contributed by atoms with Crippen LogP contribution in [0.2, 0.25) is 0 Å². The zero-order valence-electron chi connectivity index (χ0n) is 21.2. The number of likely N-dealkylation sites (tertiary alicyclic amines) is 1. The van der Waals surface area contributed by atoms with E-state index in [0.29, 0.717) is 30.6 Å². The van der Waals surface area contributed by atoms with Gasteiger partial charge in [-0.05, 0) is 79.0 Å². The number of piperazine rings is 1. The molecule has 4 heterocycles. The summed E-state index contributed by atoms with van der Waals surface area (Å²) in [6.07, 6.45) is 3.59. The van der Waals surface area contributed by atoms with Gasteiger partial charge in [-0.2, -0.15) is 9.97 Å². The lowest BCUT2D eigenvalue weighted by Crippen LogP contribution is -2.51. The van der Waals surface area contributed by atoms with Crippen molar-refractivity contribution in [3.05, 3.63) is 54.6 Å². The fourth-order valence-electron chi connectivity index (χ4n) is 6.42. The Hall–Kier alpha value is -3.42. The molecule has 0 radical (unpaired) electrons. The summed E-state index contributed by atoms with van der Waals surface area (Å²) in [4.78, 5) is 14.6. The fourth-order valence-corrected chi connectivity index (χ4v) is 6.42. The number of ether oxygens (including phenoxy) is 1. The van der Waals surface area contributed by atoms with Gasteiger partial charge in [0, 0.05) is 43.0 Å². The molecular formula is C30H33N5O2. The molecule has 3 atom stereocenters. The van der Waals surface area contributed by atoms with E-state index in [2.05, 4.69) is 46.4 Å². The quantitative estimate of drug-likeness (QED) is 0.424. The number of rotatable bonds is 5. The fraction of sp³-hybridized carbons (Fsp3) is 0.400. The Kier molecular flexibility index (Phi) is 5.63. The number of hydrogen-bond donors (Lipinski definition) is 2. The van der Waals surface area contributed by atoms with Crippen LogP contribution in [0.15, 0.2) is 54.6 Å². The number of aromatic hydroxyl groups is 1. The highest BCUT2D eigenvalue weighted by Crippen LogP contribution is 2.37. The van der Waals surface area contributed by atoms with E-state index < -0.39 is 0 Å². The topological polar surface area (TPSA) is 73.8 Å². The van der Waals surface area contributed by atoms with Crippen molar-refractivity contribution in [3.63, 3.8) is 0 Å². The molecule has 3 fully saturated rings. The van der Waals surface area contributed by atoms with Crippen molar-refractivity contribution in [2.24, 2.45) is 5.92 Å². The van der Waals surface area contributed by atoms with Crippen LogP contribution in [0.4, 0.5) is 5.82 Å². The van der Waals surface area contributed by atoms with Crippen LogP contribution in [0.25, 0.3) is 32.8 Å². The number of fused-ring (bicyclic) bond motifs is 4. The predicted molar refractivity (Wildman–Crippen MR) is 147 cm³/mol. The van der Waals surface area contributed by atoms with Crippen molar-refractivity contribution < 1.29 is 9.84 Å². The Labute approximate surface area is 217 Å². The van der Waals surface area contributed by atoms with Gasteiger partial charge in [-0.15, -0.1) is 0 Å². The summed E-state index contributed by atoms with van der Waals surface area (Å²) in [5, 5.41) is 17.3. The Morgan fingerprint density at radius 2 is 1.78 bits per heavy atom. The van der Waals surface area contributed by atoms with Crippen LogP contribution < -0.4 is 15.0 Å². The maximum atomic E-state index is 10.4. The maximum absolute atomic E-state index is 10.4. The summed E-state index contributed by atoms with van der Waals surface area (Å²) in [7, 11) is 2.16. The van der Waals surface area contributed by atoms with Crippen molar-refractivity contribution >= 4 is 27.5 Å². The van der Waals surface area contributed by atoms with E-state index in [-0.39, 0.29) is 5.75 Å². The van der Waals surface area contributed by atoms with E-state index in [1.54, 1.807) is 0 Å². The molecule has 0 saturated carbocycles. The Balaban J connectivity index is 1.31. The maximum Gasteiger partial charge on any atom is 0.318 e. The van der Waals surface area contributed by atoms with Gasteiger partial charge in [-0.3, -0.25) is 0 Å². The standard InChI is InChI=1S/C30H33N5O2/c1-34-11-10-19(15-34)18-37-30-32-28-13-21(27-14-24(36)12-20-4-2-3-5-25(20)27)6-9-26(28)29(33-30)35-16-22-7-8-23(17-35)31-22/h2-6,9,12-14,19,22-23,31,36H,7-8,10-11,15-18H2,1H3. The van der Waals surface area contributed by atoms with Gasteiger partial charge in [0.15, 0.2) is 0 Å². The molecule has 7 heteroatoms. The molecule has 2 bridgehead atoms. The number of phenolic OH excluding ortho intramolecular Hbond substituents is 1. The van der Waals surface area contributed by atoms with Crippen LogP contribution in [0.5, 0.6) is 11.8 Å². The van der Waals surface area contributed by atoms with Gasteiger partial charge in [0.05, 0.1) is 12.1 Å². The van der Waals surface area contributed by atoms with E-state index in [1.165, 1.54) is 12.8 Å². The van der Waals surface area contributed by atoms with Crippen molar-refractivity contribution in [1.29, 1.82) is 0 Å². The first-order chi connectivity index (χ1) is 18.1. The molecule has 3 aromatic carbocycles. The van der Waals surface area contributed by atoms with E-state index in [4.69, 9.17) is 14.7 Å². The largest absolute Gasteiger partial charge is 0.508 e. The van der Waals surface area contributed by atoms with Crippen LogP contribution in [0, 0.1) is 5.92 Å². The first kappa shape index (κ1) is 22.8. The first-order valence-corrected chi connectivity index (χ1v) is 13.5. The van der Waals surface area contributed by atoms with Gasteiger partial charge < -0.3 is 25.0 Å². The van der Waals surface area contributed by atoms with Crippen LogP contribution in [0.3, 0.4) is 0 Å². The average molecular weight is 496 g/mol. The number of phenols is 1. The summed E-state index contributed by atoms with van der Waals surface area (Å²) in [6.45, 7) is 4.71. The van der Waals surface area contributed by atoms with E-state index in [1.807, 2.05) is 30.3 Å². The lowest BCUT2D eigenvalue weighted by molar-refractivity contribution is 0.233. The molecule has 37 heavy (non-hydrogen) atoms. The second kappa shape index (κ2) is 9.15. The van der Waals surface area contributed by atoms with Crippen LogP contribution in [-0.2, 0) is 0 Å². The molecule has 190 valence electrons. The van der Waals surface area contributed by atoms with E-state index in [0.717, 1.165) is 71.2 Å². The Morgan fingerprint density at radius 1 is 0.946 bits per heavy atom. The second-order valence-corrected chi connectivity index (χ2v) is 11.0. The lowest BCUT2D eigenvalue weighted by Gasteiger charge is -2.34. The molecule has 1 aromatic heterocycles. The second-order valence-electron chi connectivity index (χ2n) is 11.0. The van der Waals surface area contributed by atoms with Gasteiger partial charge in [0.2, 0.25) is 0 Å². The number of hydrogen-bond acceptors (Lipinski definition) is 7. The number of aromatic nitrogens is 2. The molecule has 2 N–H and O–H groups in total. The van der Waals surface area contributed by atoms with Gasteiger partial charge in [0.1, 0.15) is 11.6 Å². The molecule has 0 spiro atoms. The molecule has 0 amide bonds.